The summed E-state index contributed by atoms with van der Waals surface area (Å²) in [6.07, 6.45) is -0.309. The fraction of sp³-hybridized carbons (Fsp3) is 0.300. The van der Waals surface area contributed by atoms with Gasteiger partial charge in [-0.15, -0.1) is 0 Å². The highest BCUT2D eigenvalue weighted by molar-refractivity contribution is 9.10. The second kappa shape index (κ2) is 7.50. The van der Waals surface area contributed by atoms with Crippen molar-refractivity contribution >= 4 is 28.0 Å². The summed E-state index contributed by atoms with van der Waals surface area (Å²) >= 11 is 3.41. The summed E-state index contributed by atoms with van der Waals surface area (Å²) in [4.78, 5) is 25.8. The first-order valence-electron chi connectivity index (χ1n) is 8.44. The smallest absolute Gasteiger partial charge is 0.411 e. The van der Waals surface area contributed by atoms with Crippen molar-refractivity contribution < 1.29 is 19.4 Å². The third-order valence-electron chi connectivity index (χ3n) is 4.83. The van der Waals surface area contributed by atoms with Crippen molar-refractivity contribution in [3.8, 4) is 0 Å². The number of rotatable bonds is 5. The highest BCUT2D eigenvalue weighted by Crippen LogP contribution is 2.39. The number of cyclic esters (lactones) is 1. The van der Waals surface area contributed by atoms with E-state index in [-0.39, 0.29) is 12.5 Å². The van der Waals surface area contributed by atoms with Crippen LogP contribution in [0.5, 0.6) is 0 Å². The molecule has 136 valence electrons. The SMILES string of the molecule is C[C@@H](c1ccc(Br)cc1)N1CC[C@](CC(=O)O)(c2ccccc2)OC1=O. The molecule has 0 saturated carbocycles. The average molecular weight is 418 g/mol. The van der Waals surface area contributed by atoms with Gasteiger partial charge in [0.2, 0.25) is 0 Å². The number of carboxylic acid groups (broad SMARTS) is 1. The second-order valence-electron chi connectivity index (χ2n) is 6.47. The van der Waals surface area contributed by atoms with E-state index in [0.29, 0.717) is 18.5 Å². The van der Waals surface area contributed by atoms with Crippen LogP contribution in [0.2, 0.25) is 0 Å². The number of hydrogen-bond donors (Lipinski definition) is 1. The topological polar surface area (TPSA) is 66.8 Å². The lowest BCUT2D eigenvalue weighted by Gasteiger charge is -2.42. The summed E-state index contributed by atoms with van der Waals surface area (Å²) < 4.78 is 6.72. The average Bonchev–Trinajstić information content (AvgIpc) is 2.62. The molecular formula is C20H20BrNO4. The molecule has 3 rings (SSSR count). The molecule has 0 aliphatic carbocycles. The predicted octanol–water partition coefficient (Wildman–Crippen LogP) is 4.72. The van der Waals surface area contributed by atoms with Crippen molar-refractivity contribution in [3.05, 3.63) is 70.2 Å². The molecule has 1 aliphatic rings. The summed E-state index contributed by atoms with van der Waals surface area (Å²) in [5.41, 5.74) is 0.586. The number of nitrogens with zero attached hydrogens (tertiary/aromatic N) is 1. The fourth-order valence-electron chi connectivity index (χ4n) is 3.36. The van der Waals surface area contributed by atoms with Crippen LogP contribution < -0.4 is 0 Å². The molecule has 5 nitrogen and oxygen atoms in total. The van der Waals surface area contributed by atoms with Gasteiger partial charge in [0, 0.05) is 17.4 Å². The lowest BCUT2D eigenvalue weighted by Crippen LogP contribution is -2.49. The molecular weight excluding hydrogens is 398 g/mol. The summed E-state index contributed by atoms with van der Waals surface area (Å²) in [6, 6.07) is 16.7. The number of carbonyl (C=O) groups is 2. The molecule has 0 bridgehead atoms. The maximum atomic E-state index is 12.7. The Labute approximate surface area is 160 Å². The molecule has 1 saturated heterocycles. The molecule has 1 heterocycles. The van der Waals surface area contributed by atoms with Crippen LogP contribution in [0.4, 0.5) is 4.79 Å². The molecule has 6 heteroatoms. The Morgan fingerprint density at radius 1 is 1.23 bits per heavy atom. The first kappa shape index (κ1) is 18.5. The first-order chi connectivity index (χ1) is 12.4. The summed E-state index contributed by atoms with van der Waals surface area (Å²) in [5, 5.41) is 9.35. The van der Waals surface area contributed by atoms with Gasteiger partial charge in [0.1, 0.15) is 0 Å². The van der Waals surface area contributed by atoms with Gasteiger partial charge in [-0.25, -0.2) is 4.79 Å². The molecule has 2 atom stereocenters. The van der Waals surface area contributed by atoms with E-state index in [1.807, 2.05) is 61.5 Å². The van der Waals surface area contributed by atoms with Crippen molar-refractivity contribution in [3.63, 3.8) is 0 Å². The Morgan fingerprint density at radius 3 is 2.46 bits per heavy atom. The van der Waals surface area contributed by atoms with Gasteiger partial charge < -0.3 is 14.7 Å². The van der Waals surface area contributed by atoms with Crippen LogP contribution >= 0.6 is 15.9 Å². The van der Waals surface area contributed by atoms with Crippen molar-refractivity contribution in [2.24, 2.45) is 0 Å². The summed E-state index contributed by atoms with van der Waals surface area (Å²) in [7, 11) is 0. The number of hydrogen-bond acceptors (Lipinski definition) is 3. The largest absolute Gasteiger partial charge is 0.481 e. The minimum Gasteiger partial charge on any atom is -0.481 e. The standard InChI is InChI=1S/C20H20BrNO4/c1-14(15-7-9-17(21)10-8-15)22-12-11-20(13-18(23)24,26-19(22)25)16-5-3-2-4-6-16/h2-10,14H,11-13H2,1H3,(H,23,24)/t14-,20-/m0/s1. The Morgan fingerprint density at radius 2 is 1.88 bits per heavy atom. The van der Waals surface area contributed by atoms with Gasteiger partial charge in [0.25, 0.3) is 0 Å². The zero-order valence-corrected chi connectivity index (χ0v) is 16.0. The number of halogens is 1. The number of carboxylic acids is 1. The van der Waals surface area contributed by atoms with Gasteiger partial charge in [0.05, 0.1) is 12.5 Å². The van der Waals surface area contributed by atoms with E-state index in [4.69, 9.17) is 4.74 Å². The number of carbonyl (C=O) groups excluding carboxylic acids is 1. The van der Waals surface area contributed by atoms with Crippen LogP contribution in [0.25, 0.3) is 0 Å². The fourth-order valence-corrected chi connectivity index (χ4v) is 3.62. The van der Waals surface area contributed by atoms with E-state index in [1.165, 1.54) is 0 Å². The number of ether oxygens (including phenoxy) is 1. The number of aliphatic carboxylic acids is 1. The van der Waals surface area contributed by atoms with E-state index in [2.05, 4.69) is 15.9 Å². The lowest BCUT2D eigenvalue weighted by molar-refractivity contribution is -0.146. The molecule has 0 aromatic heterocycles. The molecule has 0 radical (unpaired) electrons. The molecule has 0 spiro atoms. The van der Waals surface area contributed by atoms with Crippen molar-refractivity contribution in [2.75, 3.05) is 6.54 Å². The van der Waals surface area contributed by atoms with Gasteiger partial charge in [0.15, 0.2) is 5.60 Å². The van der Waals surface area contributed by atoms with Gasteiger partial charge in [-0.1, -0.05) is 58.4 Å². The third-order valence-corrected chi connectivity index (χ3v) is 5.36. The molecule has 26 heavy (non-hydrogen) atoms. The number of benzene rings is 2. The second-order valence-corrected chi connectivity index (χ2v) is 7.39. The quantitative estimate of drug-likeness (QED) is 0.763. The minimum atomic E-state index is -1.12. The zero-order valence-electron chi connectivity index (χ0n) is 14.4. The summed E-state index contributed by atoms with van der Waals surface area (Å²) in [5.74, 6) is -0.990. The Bertz CT molecular complexity index is 793. The maximum absolute atomic E-state index is 12.7. The molecule has 1 amide bonds. The maximum Gasteiger partial charge on any atom is 0.411 e. The van der Waals surface area contributed by atoms with Crippen LogP contribution in [0.1, 0.15) is 36.9 Å². The Balaban J connectivity index is 1.84. The minimum absolute atomic E-state index is 0.158. The van der Waals surface area contributed by atoms with Crippen LogP contribution in [0.3, 0.4) is 0 Å². The van der Waals surface area contributed by atoms with Gasteiger partial charge in [-0.2, -0.15) is 0 Å². The normalized spacial score (nSPS) is 21.2. The lowest BCUT2D eigenvalue weighted by atomic mass is 9.85. The van der Waals surface area contributed by atoms with E-state index in [9.17, 15) is 14.7 Å². The third kappa shape index (κ3) is 3.75. The first-order valence-corrected chi connectivity index (χ1v) is 9.23. The molecule has 2 aromatic rings. The van der Waals surface area contributed by atoms with Crippen LogP contribution in [-0.2, 0) is 15.1 Å². The molecule has 1 aliphatic heterocycles. The van der Waals surface area contributed by atoms with E-state index in [1.54, 1.807) is 4.90 Å². The highest BCUT2D eigenvalue weighted by atomic mass is 79.9. The molecule has 2 aromatic carbocycles. The van der Waals surface area contributed by atoms with Crippen LogP contribution in [0.15, 0.2) is 59.1 Å². The summed E-state index contributed by atoms with van der Waals surface area (Å²) in [6.45, 7) is 2.37. The Kier molecular flexibility index (Phi) is 5.32. The predicted molar refractivity (Wildman–Crippen MR) is 101 cm³/mol. The molecule has 1 N–H and O–H groups in total. The van der Waals surface area contributed by atoms with Crippen LogP contribution in [0, 0.1) is 0 Å². The van der Waals surface area contributed by atoms with Gasteiger partial charge >= 0.3 is 12.1 Å². The van der Waals surface area contributed by atoms with E-state index >= 15 is 0 Å². The van der Waals surface area contributed by atoms with Crippen LogP contribution in [-0.4, -0.2) is 28.6 Å². The highest BCUT2D eigenvalue weighted by Gasteiger charge is 2.45. The van der Waals surface area contributed by atoms with Gasteiger partial charge in [-0.05, 0) is 30.2 Å². The zero-order chi connectivity index (χ0) is 18.7. The molecule has 1 fully saturated rings. The van der Waals surface area contributed by atoms with Crippen molar-refractivity contribution in [1.29, 1.82) is 0 Å². The van der Waals surface area contributed by atoms with Crippen molar-refractivity contribution in [2.45, 2.75) is 31.4 Å². The van der Waals surface area contributed by atoms with E-state index in [0.717, 1.165) is 10.0 Å². The van der Waals surface area contributed by atoms with E-state index < -0.39 is 17.7 Å². The number of amides is 1. The van der Waals surface area contributed by atoms with Gasteiger partial charge in [-0.3, -0.25) is 4.79 Å². The Hall–Kier alpha value is -2.34. The monoisotopic (exact) mass is 417 g/mol. The van der Waals surface area contributed by atoms with Crippen molar-refractivity contribution in [1.82, 2.24) is 4.90 Å². The molecule has 0 unspecified atom stereocenters.